The summed E-state index contributed by atoms with van der Waals surface area (Å²) >= 11 is 0. The highest BCUT2D eigenvalue weighted by atomic mass is 16.6. The molecule has 0 fully saturated rings. The quantitative estimate of drug-likeness (QED) is 0.0605. The molecule has 12 nitrogen and oxygen atoms in total. The van der Waals surface area contributed by atoms with E-state index in [1.807, 2.05) is 93.6 Å². The van der Waals surface area contributed by atoms with E-state index in [-0.39, 0.29) is 44.1 Å². The highest BCUT2D eigenvalue weighted by Crippen LogP contribution is 2.47. The number of nitrogens with one attached hydrogen (secondary N) is 2. The van der Waals surface area contributed by atoms with Crippen molar-refractivity contribution >= 4 is 24.4 Å². The van der Waals surface area contributed by atoms with Crippen molar-refractivity contribution < 1.29 is 38.1 Å². The number of rotatable bonds is 19. The second kappa shape index (κ2) is 22.6. The molecule has 9 rings (SSSR count). The fourth-order valence-corrected chi connectivity index (χ4v) is 10.4. The summed E-state index contributed by atoms with van der Waals surface area (Å²) in [5.74, 6) is -0.253. The summed E-state index contributed by atoms with van der Waals surface area (Å²) in [6.45, 7) is 7.98. The van der Waals surface area contributed by atoms with Gasteiger partial charge >= 0.3 is 24.4 Å². The van der Waals surface area contributed by atoms with Crippen molar-refractivity contribution in [2.45, 2.75) is 69.8 Å². The lowest BCUT2D eigenvalue weighted by molar-refractivity contribution is 0.0525. The number of carbonyl (C=O) groups excluding carboxylic acids is 4. The first-order valence-electron chi connectivity index (χ1n) is 25.3. The van der Waals surface area contributed by atoms with Crippen LogP contribution in [0.5, 0.6) is 0 Å². The number of carbonyl (C=O) groups is 4. The standard InChI is InChI=1S/C60H64N4O8/c1-60(2,3)72-57(66)62-33-19-37-64(59(68)71-40-55-51-30-14-8-24-45(51)46-25-9-15-31-52(46)55)35-17-16-34-63(58(67)70-39-54-49-28-12-6-22-43(49)44-23-7-13-29-50(44)54)36-18-32-61-56(65)69-38-53-47-26-10-4-20-41(47)42-21-5-11-27-48(42)53/h4-15,20-31,53-55H,16-19,32-40H2,1-3H3,(H,61,65)(H,62,66). The van der Waals surface area contributed by atoms with E-state index < -0.39 is 30.0 Å². The number of benzene rings is 6. The molecule has 0 heterocycles. The van der Waals surface area contributed by atoms with Crippen LogP contribution in [0.3, 0.4) is 0 Å². The first-order chi connectivity index (χ1) is 35.0. The molecule has 4 amide bonds. The Bertz CT molecular complexity index is 2760. The lowest BCUT2D eigenvalue weighted by atomic mass is 9.98. The van der Waals surface area contributed by atoms with Crippen molar-refractivity contribution in [2.75, 3.05) is 59.1 Å². The Morgan fingerprint density at radius 1 is 0.403 bits per heavy atom. The van der Waals surface area contributed by atoms with E-state index in [1.165, 1.54) is 0 Å². The van der Waals surface area contributed by atoms with Gasteiger partial charge in [0.25, 0.3) is 0 Å². The molecule has 0 aromatic heterocycles. The molecule has 0 unspecified atom stereocenters. The van der Waals surface area contributed by atoms with Gasteiger partial charge in [-0.15, -0.1) is 0 Å². The van der Waals surface area contributed by atoms with Gasteiger partial charge in [-0.3, -0.25) is 0 Å². The van der Waals surface area contributed by atoms with Crippen LogP contribution in [0.2, 0.25) is 0 Å². The molecule has 6 aromatic carbocycles. The SMILES string of the molecule is CC(C)(C)OC(=O)NCCCN(CCCCN(CCCNC(=O)OCC1c2ccccc2-c2ccccc21)C(=O)OCC1c2ccccc2-c2ccccc21)C(=O)OCC1c2ccccc2-c2ccccc21. The predicted molar refractivity (Wildman–Crippen MR) is 279 cm³/mol. The molecule has 0 radical (unpaired) electrons. The molecule has 0 saturated heterocycles. The third-order valence-corrected chi connectivity index (χ3v) is 13.8. The second-order valence-corrected chi connectivity index (χ2v) is 19.7. The smallest absolute Gasteiger partial charge is 0.409 e. The molecule has 0 atom stereocenters. The molecule has 372 valence electrons. The minimum Gasteiger partial charge on any atom is -0.449 e. The van der Waals surface area contributed by atoms with Crippen LogP contribution in [0, 0.1) is 0 Å². The summed E-state index contributed by atoms with van der Waals surface area (Å²) in [4.78, 5) is 57.0. The van der Waals surface area contributed by atoms with Crippen molar-refractivity contribution in [2.24, 2.45) is 0 Å². The van der Waals surface area contributed by atoms with Gasteiger partial charge in [-0.25, -0.2) is 19.2 Å². The third kappa shape index (κ3) is 11.4. The van der Waals surface area contributed by atoms with Gasteiger partial charge in [-0.2, -0.15) is 0 Å². The minimum atomic E-state index is -0.635. The normalized spacial score (nSPS) is 13.2. The highest BCUT2D eigenvalue weighted by molar-refractivity contribution is 5.81. The van der Waals surface area contributed by atoms with Gasteiger partial charge in [0, 0.05) is 57.0 Å². The molecule has 0 spiro atoms. The largest absolute Gasteiger partial charge is 0.449 e. The monoisotopic (exact) mass is 968 g/mol. The number of unbranched alkanes of at least 4 members (excludes halogenated alkanes) is 1. The van der Waals surface area contributed by atoms with Crippen LogP contribution in [0.1, 0.15) is 97.6 Å². The average Bonchev–Trinajstić information content (AvgIpc) is 4.01. The number of nitrogens with zero attached hydrogens (tertiary/aromatic N) is 2. The summed E-state index contributed by atoms with van der Waals surface area (Å²) in [6.07, 6.45) is 0.150. The fourth-order valence-electron chi connectivity index (χ4n) is 10.4. The highest BCUT2D eigenvalue weighted by Gasteiger charge is 2.32. The minimum absolute atomic E-state index is 0.0545. The Labute approximate surface area is 422 Å². The van der Waals surface area contributed by atoms with Gasteiger partial charge in [-0.05, 0) is 113 Å². The average molecular weight is 969 g/mol. The molecule has 0 bridgehead atoms. The van der Waals surface area contributed by atoms with E-state index in [4.69, 9.17) is 18.9 Å². The Morgan fingerprint density at radius 3 is 1.00 bits per heavy atom. The zero-order valence-electron chi connectivity index (χ0n) is 41.4. The molecule has 72 heavy (non-hydrogen) atoms. The maximum absolute atomic E-state index is 14.1. The Balaban J connectivity index is 0.822. The van der Waals surface area contributed by atoms with Crippen molar-refractivity contribution in [1.82, 2.24) is 20.4 Å². The zero-order chi connectivity index (χ0) is 50.0. The molecule has 2 N–H and O–H groups in total. The number of hydrogen-bond donors (Lipinski definition) is 2. The van der Waals surface area contributed by atoms with Crippen LogP contribution in [0.25, 0.3) is 33.4 Å². The van der Waals surface area contributed by atoms with Crippen LogP contribution in [0.15, 0.2) is 146 Å². The van der Waals surface area contributed by atoms with Gasteiger partial charge in [0.15, 0.2) is 0 Å². The third-order valence-electron chi connectivity index (χ3n) is 13.8. The van der Waals surface area contributed by atoms with E-state index >= 15 is 0 Å². The molecule has 0 saturated carbocycles. The topological polar surface area (TPSA) is 136 Å². The molecule has 6 aromatic rings. The van der Waals surface area contributed by atoms with Crippen molar-refractivity contribution in [3.8, 4) is 33.4 Å². The summed E-state index contributed by atoms with van der Waals surface area (Å²) in [6, 6.07) is 49.4. The molecule has 12 heteroatoms. The fraction of sp³-hybridized carbons (Fsp3) is 0.333. The number of alkyl carbamates (subject to hydrolysis) is 2. The van der Waals surface area contributed by atoms with E-state index in [1.54, 1.807) is 9.80 Å². The Kier molecular flexibility index (Phi) is 15.5. The molecular weight excluding hydrogens is 905 g/mol. The maximum atomic E-state index is 14.1. The van der Waals surface area contributed by atoms with Crippen LogP contribution >= 0.6 is 0 Å². The van der Waals surface area contributed by atoms with E-state index in [0.717, 1.165) is 66.8 Å². The molecule has 0 aliphatic heterocycles. The van der Waals surface area contributed by atoms with E-state index in [0.29, 0.717) is 58.4 Å². The molecule has 3 aliphatic carbocycles. The van der Waals surface area contributed by atoms with Crippen molar-refractivity contribution in [3.63, 3.8) is 0 Å². The van der Waals surface area contributed by atoms with Gasteiger partial charge in [0.2, 0.25) is 0 Å². The van der Waals surface area contributed by atoms with Crippen LogP contribution < -0.4 is 10.6 Å². The van der Waals surface area contributed by atoms with Crippen LogP contribution in [0.4, 0.5) is 19.2 Å². The number of amides is 4. The number of ether oxygens (including phenoxy) is 4. The molecular formula is C60H64N4O8. The van der Waals surface area contributed by atoms with Crippen LogP contribution in [-0.4, -0.2) is 98.9 Å². The summed E-state index contributed by atoms with van der Waals surface area (Å²) in [7, 11) is 0. The second-order valence-electron chi connectivity index (χ2n) is 19.7. The van der Waals surface area contributed by atoms with Crippen molar-refractivity contribution in [3.05, 3.63) is 179 Å². The zero-order valence-corrected chi connectivity index (χ0v) is 41.4. The lowest BCUT2D eigenvalue weighted by Gasteiger charge is -2.26. The Hall–Kier alpha value is -7.60. The van der Waals surface area contributed by atoms with Gasteiger partial charge in [0.1, 0.15) is 25.4 Å². The number of hydrogen-bond acceptors (Lipinski definition) is 8. The summed E-state index contributed by atoms with van der Waals surface area (Å²) < 4.78 is 23.4. The lowest BCUT2D eigenvalue weighted by Crippen LogP contribution is -2.38. The van der Waals surface area contributed by atoms with Crippen molar-refractivity contribution in [1.29, 1.82) is 0 Å². The van der Waals surface area contributed by atoms with Gasteiger partial charge in [-0.1, -0.05) is 146 Å². The Morgan fingerprint density at radius 2 is 0.681 bits per heavy atom. The van der Waals surface area contributed by atoms with E-state index in [9.17, 15) is 19.2 Å². The maximum Gasteiger partial charge on any atom is 0.409 e. The summed E-state index contributed by atoms with van der Waals surface area (Å²) in [5, 5.41) is 5.69. The first-order valence-corrected chi connectivity index (χ1v) is 25.3. The summed E-state index contributed by atoms with van der Waals surface area (Å²) in [5.41, 5.74) is 13.1. The molecule has 3 aliphatic rings. The predicted octanol–water partition coefficient (Wildman–Crippen LogP) is 12.1. The first kappa shape index (κ1) is 49.4. The van der Waals surface area contributed by atoms with Gasteiger partial charge < -0.3 is 39.4 Å². The number of fused-ring (bicyclic) bond motifs is 9. The van der Waals surface area contributed by atoms with Crippen LogP contribution in [-0.2, 0) is 18.9 Å². The van der Waals surface area contributed by atoms with E-state index in [2.05, 4.69) is 83.4 Å². The van der Waals surface area contributed by atoms with Gasteiger partial charge in [0.05, 0.1) is 0 Å².